The summed E-state index contributed by atoms with van der Waals surface area (Å²) in [7, 11) is 2.06. The van der Waals surface area contributed by atoms with Crippen molar-refractivity contribution in [3.8, 4) is 0 Å². The molecule has 0 amide bonds. The van der Waals surface area contributed by atoms with E-state index in [0.717, 1.165) is 5.92 Å². The summed E-state index contributed by atoms with van der Waals surface area (Å²) in [6.07, 6.45) is 4.13. The number of anilines is 1. The largest absolute Gasteiger partial charge is 0.370 e. The molecule has 0 bridgehead atoms. The van der Waals surface area contributed by atoms with E-state index in [1.54, 1.807) is 5.56 Å². The van der Waals surface area contributed by atoms with E-state index in [1.165, 1.54) is 38.0 Å². The van der Waals surface area contributed by atoms with E-state index in [1.807, 2.05) is 0 Å². The third kappa shape index (κ3) is 2.39. The highest BCUT2D eigenvalue weighted by molar-refractivity contribution is 5.60. The Morgan fingerprint density at radius 2 is 2.11 bits per heavy atom. The molecule has 2 unspecified atom stereocenters. The Bertz CT molecular complexity index is 411. The molecule has 2 nitrogen and oxygen atoms in total. The maximum atomic E-state index is 3.37. The Labute approximate surface area is 110 Å². The first-order valence-electron chi connectivity index (χ1n) is 7.29. The molecule has 0 radical (unpaired) electrons. The van der Waals surface area contributed by atoms with Gasteiger partial charge in [0.2, 0.25) is 0 Å². The molecular formula is C16H24N2. The molecule has 98 valence electrons. The van der Waals surface area contributed by atoms with Crippen LogP contribution in [0.2, 0.25) is 0 Å². The lowest BCUT2D eigenvalue weighted by atomic mass is 9.95. The van der Waals surface area contributed by atoms with Crippen molar-refractivity contribution in [2.24, 2.45) is 5.92 Å². The van der Waals surface area contributed by atoms with Crippen LogP contribution < -0.4 is 10.2 Å². The summed E-state index contributed by atoms with van der Waals surface area (Å²) in [5, 5.41) is 3.37. The van der Waals surface area contributed by atoms with Crippen LogP contribution in [0.1, 0.15) is 37.7 Å². The molecule has 1 aromatic carbocycles. The molecule has 1 aromatic rings. The molecule has 0 aromatic heterocycles. The van der Waals surface area contributed by atoms with Gasteiger partial charge in [-0.25, -0.2) is 0 Å². The molecule has 18 heavy (non-hydrogen) atoms. The molecule has 3 rings (SSSR count). The van der Waals surface area contributed by atoms with Gasteiger partial charge in [-0.15, -0.1) is 0 Å². The number of benzene rings is 1. The zero-order chi connectivity index (χ0) is 12.5. The van der Waals surface area contributed by atoms with Gasteiger partial charge in [0.05, 0.1) is 0 Å². The van der Waals surface area contributed by atoms with Gasteiger partial charge < -0.3 is 10.2 Å². The predicted molar refractivity (Wildman–Crippen MR) is 77.3 cm³/mol. The highest BCUT2D eigenvalue weighted by Gasteiger charge is 2.32. The van der Waals surface area contributed by atoms with E-state index in [4.69, 9.17) is 0 Å². The van der Waals surface area contributed by atoms with Crippen molar-refractivity contribution in [2.45, 2.75) is 38.1 Å². The van der Waals surface area contributed by atoms with Crippen LogP contribution in [0.5, 0.6) is 0 Å². The summed E-state index contributed by atoms with van der Waals surface area (Å²) in [5.41, 5.74) is 3.07. The molecule has 1 aliphatic heterocycles. The lowest BCUT2D eigenvalue weighted by Gasteiger charge is -2.20. The minimum atomic E-state index is 0.601. The summed E-state index contributed by atoms with van der Waals surface area (Å²) < 4.78 is 0. The Kier molecular flexibility index (Phi) is 3.29. The van der Waals surface area contributed by atoms with Gasteiger partial charge in [0.1, 0.15) is 0 Å². The van der Waals surface area contributed by atoms with Crippen molar-refractivity contribution in [1.29, 1.82) is 0 Å². The van der Waals surface area contributed by atoms with Crippen molar-refractivity contribution in [1.82, 2.24) is 5.32 Å². The summed E-state index contributed by atoms with van der Waals surface area (Å²) in [6, 6.07) is 9.61. The van der Waals surface area contributed by atoms with Crippen molar-refractivity contribution in [2.75, 3.05) is 25.0 Å². The Morgan fingerprint density at radius 1 is 1.33 bits per heavy atom. The summed E-state index contributed by atoms with van der Waals surface area (Å²) in [5.74, 6) is 1.68. The van der Waals surface area contributed by atoms with Crippen LogP contribution in [0.3, 0.4) is 0 Å². The monoisotopic (exact) mass is 244 g/mol. The van der Waals surface area contributed by atoms with E-state index >= 15 is 0 Å². The van der Waals surface area contributed by atoms with Crippen molar-refractivity contribution < 1.29 is 0 Å². The molecule has 1 N–H and O–H groups in total. The van der Waals surface area contributed by atoms with Gasteiger partial charge in [-0.3, -0.25) is 0 Å². The van der Waals surface area contributed by atoms with Crippen LogP contribution in [0.25, 0.3) is 0 Å². The number of rotatable bonds is 5. The maximum Gasteiger partial charge on any atom is 0.0402 e. The molecular weight excluding hydrogens is 220 g/mol. The number of hydrogen-bond donors (Lipinski definition) is 1. The Morgan fingerprint density at radius 3 is 2.83 bits per heavy atom. The predicted octanol–water partition coefficient (Wildman–Crippen LogP) is 3.00. The topological polar surface area (TPSA) is 15.3 Å². The van der Waals surface area contributed by atoms with Gasteiger partial charge in [0, 0.05) is 30.7 Å². The van der Waals surface area contributed by atoms with Crippen LogP contribution in [-0.2, 0) is 0 Å². The zero-order valence-electron chi connectivity index (χ0n) is 11.5. The van der Waals surface area contributed by atoms with Crippen LogP contribution in [0.15, 0.2) is 24.3 Å². The average Bonchev–Trinajstić information content (AvgIpc) is 3.14. The van der Waals surface area contributed by atoms with Crippen molar-refractivity contribution in [3.63, 3.8) is 0 Å². The molecule has 1 heterocycles. The normalized spacial score (nSPS) is 24.1. The van der Waals surface area contributed by atoms with E-state index in [0.29, 0.717) is 12.0 Å². The van der Waals surface area contributed by atoms with Crippen LogP contribution >= 0.6 is 0 Å². The van der Waals surface area contributed by atoms with E-state index < -0.39 is 0 Å². The second-order valence-electron chi connectivity index (χ2n) is 6.03. The van der Waals surface area contributed by atoms with E-state index in [-0.39, 0.29) is 0 Å². The zero-order valence-corrected chi connectivity index (χ0v) is 11.5. The molecule has 0 saturated heterocycles. The fourth-order valence-electron chi connectivity index (χ4n) is 3.11. The van der Waals surface area contributed by atoms with Gasteiger partial charge in [-0.05, 0) is 50.8 Å². The number of fused-ring (bicyclic) bond motifs is 1. The summed E-state index contributed by atoms with van der Waals surface area (Å²) in [4.78, 5) is 2.63. The summed E-state index contributed by atoms with van der Waals surface area (Å²) >= 11 is 0. The quantitative estimate of drug-likeness (QED) is 0.856. The second kappa shape index (κ2) is 4.93. The molecule has 1 aliphatic carbocycles. The fourth-order valence-corrected chi connectivity index (χ4v) is 3.11. The van der Waals surface area contributed by atoms with Crippen LogP contribution in [0.4, 0.5) is 5.69 Å². The van der Waals surface area contributed by atoms with Gasteiger partial charge >= 0.3 is 0 Å². The van der Waals surface area contributed by atoms with Crippen LogP contribution in [0, 0.1) is 5.92 Å². The second-order valence-corrected chi connectivity index (χ2v) is 6.03. The first-order chi connectivity index (χ1) is 8.78. The van der Waals surface area contributed by atoms with Gasteiger partial charge in [0.25, 0.3) is 0 Å². The van der Waals surface area contributed by atoms with Crippen molar-refractivity contribution in [3.05, 3.63) is 29.8 Å². The first kappa shape index (κ1) is 12.0. The van der Waals surface area contributed by atoms with Gasteiger partial charge in [-0.1, -0.05) is 18.2 Å². The molecule has 0 spiro atoms. The number of hydrogen-bond acceptors (Lipinski definition) is 2. The number of para-hydroxylation sites is 1. The number of nitrogens with one attached hydrogen (secondary N) is 1. The van der Waals surface area contributed by atoms with Gasteiger partial charge in [0.15, 0.2) is 0 Å². The fraction of sp³-hybridized carbons (Fsp3) is 0.625. The average molecular weight is 244 g/mol. The van der Waals surface area contributed by atoms with Gasteiger partial charge in [-0.2, -0.15) is 0 Å². The summed E-state index contributed by atoms with van der Waals surface area (Å²) in [6.45, 7) is 4.79. The standard InChI is InChI=1S/C16H24N2/c1-12(17-2)9-14-11-18(10-13-7-8-13)16-6-4-3-5-15(14)16/h3-6,12-14,17H,7-11H2,1-2H3. The minimum absolute atomic E-state index is 0.601. The molecule has 2 atom stereocenters. The number of nitrogens with zero attached hydrogens (tertiary/aromatic N) is 1. The van der Waals surface area contributed by atoms with Crippen LogP contribution in [-0.4, -0.2) is 26.2 Å². The molecule has 1 fully saturated rings. The highest BCUT2D eigenvalue weighted by atomic mass is 15.2. The molecule has 2 heteroatoms. The lowest BCUT2D eigenvalue weighted by Crippen LogP contribution is -2.28. The highest BCUT2D eigenvalue weighted by Crippen LogP contribution is 2.41. The third-order valence-corrected chi connectivity index (χ3v) is 4.46. The van der Waals surface area contributed by atoms with E-state index in [2.05, 4.69) is 48.5 Å². The Balaban J connectivity index is 1.77. The Hall–Kier alpha value is -1.02. The third-order valence-electron chi connectivity index (χ3n) is 4.46. The smallest absolute Gasteiger partial charge is 0.0402 e. The maximum absolute atomic E-state index is 3.37. The minimum Gasteiger partial charge on any atom is -0.370 e. The molecule has 2 aliphatic rings. The first-order valence-corrected chi connectivity index (χ1v) is 7.29. The van der Waals surface area contributed by atoms with E-state index in [9.17, 15) is 0 Å². The lowest BCUT2D eigenvalue weighted by molar-refractivity contribution is 0.503. The molecule has 1 saturated carbocycles. The SMILES string of the molecule is CNC(C)CC1CN(CC2CC2)c2ccccc21. The van der Waals surface area contributed by atoms with Crippen molar-refractivity contribution >= 4 is 5.69 Å².